The second-order valence-electron chi connectivity index (χ2n) is 7.51. The number of hydrogen-bond acceptors (Lipinski definition) is 6. The Labute approximate surface area is 196 Å². The molecule has 0 bridgehead atoms. The summed E-state index contributed by atoms with van der Waals surface area (Å²) in [5.74, 6) is -0.244. The van der Waals surface area contributed by atoms with Crippen LogP contribution >= 0.6 is 0 Å². The number of aromatic nitrogens is 2. The molecule has 0 fully saturated rings. The first-order chi connectivity index (χ1) is 16.6. The molecule has 3 aromatic carbocycles. The largest absolute Gasteiger partial charge is 0.394 e. The molecule has 4 N–H and O–H groups in total. The van der Waals surface area contributed by atoms with Gasteiger partial charge >= 0.3 is 0 Å². The van der Waals surface area contributed by atoms with E-state index in [9.17, 15) is 14.3 Å². The summed E-state index contributed by atoms with van der Waals surface area (Å²) < 4.78 is 14.4. The number of nitrogens with zero attached hydrogens (tertiary/aromatic N) is 2. The lowest BCUT2D eigenvalue weighted by atomic mass is 10.0. The number of benzene rings is 3. The molecular weight excluding hydrogens is 433 g/mol. The molecule has 0 spiro atoms. The first kappa shape index (κ1) is 22.9. The van der Waals surface area contributed by atoms with Crippen molar-refractivity contribution in [3.8, 4) is 11.1 Å². The molecule has 4 rings (SSSR count). The van der Waals surface area contributed by atoms with Crippen LogP contribution in [0.3, 0.4) is 0 Å². The fraction of sp³-hybridized carbons (Fsp3) is 0.115. The molecule has 7 nitrogen and oxygen atoms in total. The third-order valence-corrected chi connectivity index (χ3v) is 5.26. The maximum atomic E-state index is 14.4. The van der Waals surface area contributed by atoms with Crippen LogP contribution in [0.4, 0.5) is 21.8 Å². The number of aliphatic hydroxyl groups is 1. The lowest BCUT2D eigenvalue weighted by Crippen LogP contribution is -2.23. The SMILES string of the molecule is CNC(=O)c1cnc(Nc2ccc(F)c(-c3ccccc3)c2)nc1N[C@H](CO)c1ccccc1. The second-order valence-corrected chi connectivity index (χ2v) is 7.51. The standard InChI is InChI=1S/C26H24FN5O2/c1-28-25(34)21-15-29-26(32-24(21)31-23(16-33)18-10-6-3-7-11-18)30-19-12-13-22(27)20(14-19)17-8-4-2-5-9-17/h2-15,23,33H,16H2,1H3,(H,28,34)(H2,29,30,31,32)/t23-/m1/s1. The van der Waals surface area contributed by atoms with Gasteiger partial charge in [-0.25, -0.2) is 9.37 Å². The zero-order valence-electron chi connectivity index (χ0n) is 18.5. The molecule has 1 atom stereocenters. The Morgan fingerprint density at radius 2 is 1.74 bits per heavy atom. The smallest absolute Gasteiger partial charge is 0.256 e. The molecule has 0 aliphatic carbocycles. The molecule has 1 aromatic heterocycles. The second kappa shape index (κ2) is 10.5. The fourth-order valence-corrected chi connectivity index (χ4v) is 3.51. The summed E-state index contributed by atoms with van der Waals surface area (Å²) in [4.78, 5) is 21.1. The van der Waals surface area contributed by atoms with E-state index < -0.39 is 6.04 Å². The monoisotopic (exact) mass is 457 g/mol. The molecule has 0 unspecified atom stereocenters. The first-order valence-corrected chi connectivity index (χ1v) is 10.7. The van der Waals surface area contributed by atoms with Gasteiger partial charge in [0.1, 0.15) is 17.2 Å². The highest BCUT2D eigenvalue weighted by Gasteiger charge is 2.18. The number of aliphatic hydroxyl groups excluding tert-OH is 1. The van der Waals surface area contributed by atoms with E-state index in [-0.39, 0.29) is 35.7 Å². The van der Waals surface area contributed by atoms with Crippen LogP contribution in [0.1, 0.15) is 22.0 Å². The normalized spacial score (nSPS) is 11.5. The Bertz CT molecular complexity index is 1270. The van der Waals surface area contributed by atoms with Crippen molar-refractivity contribution in [2.45, 2.75) is 6.04 Å². The third kappa shape index (κ3) is 5.19. The summed E-state index contributed by atoms with van der Waals surface area (Å²) in [7, 11) is 1.52. The van der Waals surface area contributed by atoms with Crippen LogP contribution in [0.15, 0.2) is 85.1 Å². The van der Waals surface area contributed by atoms with E-state index in [1.807, 2.05) is 60.7 Å². The van der Waals surface area contributed by atoms with Crippen molar-refractivity contribution in [2.24, 2.45) is 0 Å². The molecular formula is C26H24FN5O2. The molecule has 1 heterocycles. The summed E-state index contributed by atoms with van der Waals surface area (Å²) in [6, 6.07) is 22.7. The Balaban J connectivity index is 1.65. The van der Waals surface area contributed by atoms with Gasteiger partial charge in [-0.05, 0) is 29.3 Å². The van der Waals surface area contributed by atoms with Crippen LogP contribution in [-0.2, 0) is 0 Å². The van der Waals surface area contributed by atoms with E-state index in [4.69, 9.17) is 0 Å². The topological polar surface area (TPSA) is 99.2 Å². The van der Waals surface area contributed by atoms with Gasteiger partial charge in [-0.2, -0.15) is 4.98 Å². The predicted molar refractivity (Wildman–Crippen MR) is 130 cm³/mol. The van der Waals surface area contributed by atoms with E-state index in [0.717, 1.165) is 11.1 Å². The van der Waals surface area contributed by atoms with Crippen molar-refractivity contribution in [3.63, 3.8) is 0 Å². The minimum absolute atomic E-state index is 0.206. The predicted octanol–water partition coefficient (Wildman–Crippen LogP) is 4.53. The Morgan fingerprint density at radius 3 is 2.41 bits per heavy atom. The zero-order valence-corrected chi connectivity index (χ0v) is 18.5. The Hall–Kier alpha value is -4.30. The van der Waals surface area contributed by atoms with Gasteiger partial charge in [0.15, 0.2) is 0 Å². The highest BCUT2D eigenvalue weighted by atomic mass is 19.1. The number of carbonyl (C=O) groups excluding carboxylic acids is 1. The average Bonchev–Trinajstić information content (AvgIpc) is 2.89. The number of rotatable bonds is 8. The van der Waals surface area contributed by atoms with Crippen LogP contribution in [-0.4, -0.2) is 34.6 Å². The molecule has 0 aliphatic rings. The number of anilines is 3. The van der Waals surface area contributed by atoms with Crippen molar-refractivity contribution in [1.29, 1.82) is 0 Å². The van der Waals surface area contributed by atoms with Gasteiger partial charge in [0, 0.05) is 24.5 Å². The van der Waals surface area contributed by atoms with Crippen molar-refractivity contribution in [3.05, 3.63) is 102 Å². The van der Waals surface area contributed by atoms with E-state index >= 15 is 0 Å². The van der Waals surface area contributed by atoms with E-state index in [2.05, 4.69) is 25.9 Å². The van der Waals surface area contributed by atoms with Crippen LogP contribution in [0.25, 0.3) is 11.1 Å². The minimum Gasteiger partial charge on any atom is -0.394 e. The van der Waals surface area contributed by atoms with Gasteiger partial charge in [-0.1, -0.05) is 60.7 Å². The van der Waals surface area contributed by atoms with Gasteiger partial charge in [-0.15, -0.1) is 0 Å². The van der Waals surface area contributed by atoms with Gasteiger partial charge < -0.3 is 21.1 Å². The van der Waals surface area contributed by atoms with Crippen molar-refractivity contribution in [1.82, 2.24) is 15.3 Å². The number of amides is 1. The summed E-state index contributed by atoms with van der Waals surface area (Å²) in [5.41, 5.74) is 2.84. The lowest BCUT2D eigenvalue weighted by Gasteiger charge is -2.19. The van der Waals surface area contributed by atoms with E-state index in [1.165, 1.54) is 19.3 Å². The maximum absolute atomic E-state index is 14.4. The molecule has 172 valence electrons. The van der Waals surface area contributed by atoms with Gasteiger partial charge in [-0.3, -0.25) is 4.79 Å². The van der Waals surface area contributed by atoms with Gasteiger partial charge in [0.25, 0.3) is 5.91 Å². The molecule has 34 heavy (non-hydrogen) atoms. The quantitative estimate of drug-likeness (QED) is 0.310. The number of carbonyl (C=O) groups is 1. The zero-order chi connectivity index (χ0) is 23.9. The molecule has 0 saturated heterocycles. The first-order valence-electron chi connectivity index (χ1n) is 10.7. The number of hydrogen-bond donors (Lipinski definition) is 4. The average molecular weight is 458 g/mol. The van der Waals surface area contributed by atoms with E-state index in [1.54, 1.807) is 12.1 Å². The minimum atomic E-state index is -0.483. The summed E-state index contributed by atoms with van der Waals surface area (Å²) >= 11 is 0. The highest BCUT2D eigenvalue weighted by Crippen LogP contribution is 2.28. The van der Waals surface area contributed by atoms with Crippen LogP contribution < -0.4 is 16.0 Å². The van der Waals surface area contributed by atoms with E-state index in [0.29, 0.717) is 11.3 Å². The van der Waals surface area contributed by atoms with Gasteiger partial charge in [0.2, 0.25) is 5.95 Å². The highest BCUT2D eigenvalue weighted by molar-refractivity contribution is 5.98. The summed E-state index contributed by atoms with van der Waals surface area (Å²) in [6.07, 6.45) is 1.40. The summed E-state index contributed by atoms with van der Waals surface area (Å²) in [5, 5.41) is 18.7. The van der Waals surface area contributed by atoms with Crippen molar-refractivity contribution >= 4 is 23.4 Å². The molecule has 4 aromatic rings. The van der Waals surface area contributed by atoms with Crippen molar-refractivity contribution in [2.75, 3.05) is 24.3 Å². The van der Waals surface area contributed by atoms with Crippen LogP contribution in [0.5, 0.6) is 0 Å². The Morgan fingerprint density at radius 1 is 1.03 bits per heavy atom. The molecule has 8 heteroatoms. The lowest BCUT2D eigenvalue weighted by molar-refractivity contribution is 0.0963. The fourth-order valence-electron chi connectivity index (χ4n) is 3.51. The maximum Gasteiger partial charge on any atom is 0.256 e. The molecule has 0 saturated carbocycles. The third-order valence-electron chi connectivity index (χ3n) is 5.26. The van der Waals surface area contributed by atoms with Crippen LogP contribution in [0, 0.1) is 5.82 Å². The number of nitrogens with one attached hydrogen (secondary N) is 3. The molecule has 0 radical (unpaired) electrons. The molecule has 0 aliphatic heterocycles. The van der Waals surface area contributed by atoms with Gasteiger partial charge in [0.05, 0.1) is 12.6 Å². The Kier molecular flexibility index (Phi) is 7.10. The molecule has 1 amide bonds. The summed E-state index contributed by atoms with van der Waals surface area (Å²) in [6.45, 7) is -0.206. The van der Waals surface area contributed by atoms with Crippen molar-refractivity contribution < 1.29 is 14.3 Å². The number of halogens is 1. The van der Waals surface area contributed by atoms with Crippen LogP contribution in [0.2, 0.25) is 0 Å².